The lowest BCUT2D eigenvalue weighted by Crippen LogP contribution is -2.43. The van der Waals surface area contributed by atoms with E-state index in [0.29, 0.717) is 0 Å². The maximum atomic E-state index is 5.91. The van der Waals surface area contributed by atoms with Gasteiger partial charge in [-0.05, 0) is 37.6 Å². The molecule has 0 spiro atoms. The van der Waals surface area contributed by atoms with Gasteiger partial charge in [-0.1, -0.05) is 11.6 Å². The molecule has 78 valence electrons. The molecule has 15 heavy (non-hydrogen) atoms. The van der Waals surface area contributed by atoms with Gasteiger partial charge in [0, 0.05) is 12.4 Å². The lowest BCUT2D eigenvalue weighted by molar-refractivity contribution is 0.344. The molecule has 0 unspecified atom stereocenters. The van der Waals surface area contributed by atoms with Crippen molar-refractivity contribution in [3.8, 4) is 0 Å². The van der Waals surface area contributed by atoms with Gasteiger partial charge in [-0.3, -0.25) is 0 Å². The van der Waals surface area contributed by atoms with E-state index in [-0.39, 0.29) is 0 Å². The van der Waals surface area contributed by atoms with Crippen molar-refractivity contribution in [2.45, 2.75) is 6.42 Å². The molecule has 4 heteroatoms. The van der Waals surface area contributed by atoms with Gasteiger partial charge in [0.05, 0.1) is 10.7 Å². The van der Waals surface area contributed by atoms with Crippen LogP contribution in [0.1, 0.15) is 5.69 Å². The minimum absolute atomic E-state index is 0.747. The smallest absolute Gasteiger partial charge is 0.137 e. The highest BCUT2D eigenvalue weighted by Gasteiger charge is 2.18. The summed E-state index contributed by atoms with van der Waals surface area (Å²) in [5.74, 6) is 0.755. The molecule has 1 aliphatic rings. The van der Waals surface area contributed by atoms with Crippen LogP contribution in [0.4, 0.5) is 0 Å². The Morgan fingerprint density at radius 1 is 1.40 bits per heavy atom. The van der Waals surface area contributed by atoms with Crippen molar-refractivity contribution < 1.29 is 0 Å². The van der Waals surface area contributed by atoms with E-state index in [2.05, 4.69) is 16.5 Å². The first kappa shape index (κ1) is 9.19. The Balaban J connectivity index is 1.91. The van der Waals surface area contributed by atoms with E-state index in [9.17, 15) is 0 Å². The molecular formula is C11H12ClN3. The van der Waals surface area contributed by atoms with E-state index in [1.54, 1.807) is 0 Å². The molecule has 1 N–H and O–H groups in total. The highest BCUT2D eigenvalue weighted by Crippen LogP contribution is 2.15. The van der Waals surface area contributed by atoms with Crippen molar-refractivity contribution in [3.05, 3.63) is 35.2 Å². The van der Waals surface area contributed by atoms with Crippen molar-refractivity contribution in [3.63, 3.8) is 0 Å². The minimum atomic E-state index is 0.747. The normalized spacial score (nSPS) is 16.9. The second-order valence-corrected chi connectivity index (χ2v) is 4.51. The predicted octanol–water partition coefficient (Wildman–Crippen LogP) is 1.75. The monoisotopic (exact) mass is 221 g/mol. The fourth-order valence-corrected chi connectivity index (χ4v) is 2.07. The molecule has 3 heterocycles. The number of nitrogens with zero attached hydrogens (tertiary/aromatic N) is 2. The van der Waals surface area contributed by atoms with Crippen LogP contribution in [-0.2, 0) is 6.42 Å². The van der Waals surface area contributed by atoms with Crippen LogP contribution in [0.2, 0.25) is 5.02 Å². The summed E-state index contributed by atoms with van der Waals surface area (Å²) in [6.45, 7) is 2.24. The summed E-state index contributed by atoms with van der Waals surface area (Å²) < 4.78 is 1.99. The molecule has 2 aromatic rings. The van der Waals surface area contributed by atoms with Gasteiger partial charge in [0.25, 0.3) is 0 Å². The molecule has 1 fully saturated rings. The van der Waals surface area contributed by atoms with Crippen LogP contribution < -0.4 is 5.32 Å². The third kappa shape index (κ3) is 1.73. The average Bonchev–Trinajstić information content (AvgIpc) is 2.53. The van der Waals surface area contributed by atoms with Crippen molar-refractivity contribution in [2.75, 3.05) is 13.1 Å². The van der Waals surface area contributed by atoms with Crippen LogP contribution in [0.25, 0.3) is 5.65 Å². The predicted molar refractivity (Wildman–Crippen MR) is 60.3 cm³/mol. The van der Waals surface area contributed by atoms with Gasteiger partial charge in [0.15, 0.2) is 0 Å². The van der Waals surface area contributed by atoms with E-state index in [4.69, 9.17) is 11.6 Å². The van der Waals surface area contributed by atoms with Crippen molar-refractivity contribution in [1.29, 1.82) is 0 Å². The maximum Gasteiger partial charge on any atom is 0.137 e. The fourth-order valence-electron chi connectivity index (χ4n) is 1.90. The molecule has 0 saturated carbocycles. The summed E-state index contributed by atoms with van der Waals surface area (Å²) in [4.78, 5) is 4.55. The second kappa shape index (κ2) is 3.51. The Labute approximate surface area is 93.1 Å². The third-order valence-electron chi connectivity index (χ3n) is 2.83. The Morgan fingerprint density at radius 3 is 3.00 bits per heavy atom. The summed E-state index contributed by atoms with van der Waals surface area (Å²) in [5, 5.41) is 4.02. The number of fused-ring (bicyclic) bond motifs is 1. The van der Waals surface area contributed by atoms with E-state index in [0.717, 1.165) is 41.8 Å². The highest BCUT2D eigenvalue weighted by molar-refractivity contribution is 6.30. The van der Waals surface area contributed by atoms with Crippen molar-refractivity contribution in [1.82, 2.24) is 14.7 Å². The molecule has 1 aliphatic heterocycles. The molecule has 0 bridgehead atoms. The molecule has 3 nitrogen and oxygen atoms in total. The van der Waals surface area contributed by atoms with Crippen LogP contribution >= 0.6 is 11.6 Å². The first-order valence-electron chi connectivity index (χ1n) is 5.15. The molecule has 0 aromatic carbocycles. The van der Waals surface area contributed by atoms with Gasteiger partial charge >= 0.3 is 0 Å². The highest BCUT2D eigenvalue weighted by atomic mass is 35.5. The summed E-state index contributed by atoms with van der Waals surface area (Å²) in [6.07, 6.45) is 5.03. The summed E-state index contributed by atoms with van der Waals surface area (Å²) in [6, 6.07) is 3.82. The van der Waals surface area contributed by atoms with Gasteiger partial charge in [-0.15, -0.1) is 0 Å². The lowest BCUT2D eigenvalue weighted by atomic mass is 9.98. The molecule has 0 radical (unpaired) electrons. The molecule has 0 aliphatic carbocycles. The largest absolute Gasteiger partial charge is 0.316 e. The Bertz CT molecular complexity index is 488. The zero-order chi connectivity index (χ0) is 10.3. The van der Waals surface area contributed by atoms with Gasteiger partial charge in [-0.25, -0.2) is 4.98 Å². The maximum absolute atomic E-state index is 5.91. The molecule has 2 aromatic heterocycles. The number of hydrogen-bond acceptors (Lipinski definition) is 2. The van der Waals surface area contributed by atoms with Crippen LogP contribution in [0.5, 0.6) is 0 Å². The van der Waals surface area contributed by atoms with Gasteiger partial charge < -0.3 is 9.72 Å². The zero-order valence-electron chi connectivity index (χ0n) is 8.28. The van der Waals surface area contributed by atoms with Crippen LogP contribution in [0.3, 0.4) is 0 Å². The van der Waals surface area contributed by atoms with Gasteiger partial charge in [0.1, 0.15) is 5.65 Å². The topological polar surface area (TPSA) is 29.3 Å². The first-order chi connectivity index (χ1) is 7.31. The number of hydrogen-bond donors (Lipinski definition) is 1. The first-order valence-corrected chi connectivity index (χ1v) is 5.53. The fraction of sp³-hybridized carbons (Fsp3) is 0.364. The van der Waals surface area contributed by atoms with E-state index in [1.807, 2.05) is 22.7 Å². The SMILES string of the molecule is Clc1ccc2nc(CC3CNC3)cn2c1. The standard InChI is InChI=1S/C11H12ClN3/c12-9-1-2-11-14-10(7-15(11)6-9)3-8-4-13-5-8/h1-2,6-8,13H,3-5H2. The summed E-state index contributed by atoms with van der Waals surface area (Å²) in [7, 11) is 0. The number of aromatic nitrogens is 2. The average molecular weight is 222 g/mol. The number of nitrogens with one attached hydrogen (secondary N) is 1. The quantitative estimate of drug-likeness (QED) is 0.837. The number of halogens is 1. The zero-order valence-corrected chi connectivity index (χ0v) is 9.04. The third-order valence-corrected chi connectivity index (χ3v) is 3.05. The minimum Gasteiger partial charge on any atom is -0.316 e. The number of pyridine rings is 1. The van der Waals surface area contributed by atoms with E-state index >= 15 is 0 Å². The second-order valence-electron chi connectivity index (χ2n) is 4.07. The van der Waals surface area contributed by atoms with Gasteiger partial charge in [0.2, 0.25) is 0 Å². The Hall–Kier alpha value is -1.06. The van der Waals surface area contributed by atoms with E-state index in [1.165, 1.54) is 0 Å². The van der Waals surface area contributed by atoms with Crippen LogP contribution in [0, 0.1) is 5.92 Å². The van der Waals surface area contributed by atoms with Crippen molar-refractivity contribution in [2.24, 2.45) is 5.92 Å². The molecule has 0 amide bonds. The number of imidazole rings is 1. The van der Waals surface area contributed by atoms with Crippen LogP contribution in [-0.4, -0.2) is 22.5 Å². The molecular weight excluding hydrogens is 210 g/mol. The number of rotatable bonds is 2. The van der Waals surface area contributed by atoms with Crippen molar-refractivity contribution >= 4 is 17.2 Å². The molecule has 3 rings (SSSR count). The van der Waals surface area contributed by atoms with Crippen LogP contribution in [0.15, 0.2) is 24.5 Å². The Kier molecular flexibility index (Phi) is 2.15. The summed E-state index contributed by atoms with van der Waals surface area (Å²) in [5.41, 5.74) is 2.13. The molecule has 1 saturated heterocycles. The van der Waals surface area contributed by atoms with Gasteiger partial charge in [-0.2, -0.15) is 0 Å². The summed E-state index contributed by atoms with van der Waals surface area (Å²) >= 11 is 5.91. The lowest BCUT2D eigenvalue weighted by Gasteiger charge is -2.25. The Morgan fingerprint density at radius 2 is 2.27 bits per heavy atom. The van der Waals surface area contributed by atoms with E-state index < -0.39 is 0 Å². The molecule has 0 atom stereocenters.